The van der Waals surface area contributed by atoms with Crippen LogP contribution in [0.3, 0.4) is 0 Å². The van der Waals surface area contributed by atoms with Gasteiger partial charge in [0.15, 0.2) is 0 Å². The highest BCUT2D eigenvalue weighted by Crippen LogP contribution is 2.38. The summed E-state index contributed by atoms with van der Waals surface area (Å²) < 4.78 is 22.7. The van der Waals surface area contributed by atoms with Gasteiger partial charge in [0.25, 0.3) is 0 Å². The average molecular weight is 278 g/mol. The Kier molecular flexibility index (Phi) is 5.59. The second-order valence-corrected chi connectivity index (χ2v) is 7.43. The van der Waals surface area contributed by atoms with Gasteiger partial charge < -0.3 is 10.2 Å². The zero-order valence-corrected chi connectivity index (χ0v) is 11.4. The zero-order chi connectivity index (χ0) is 13.6. The van der Waals surface area contributed by atoms with Crippen LogP contribution >= 0.6 is 0 Å². The number of hydrogen-bond donors (Lipinski definition) is 2. The third-order valence-electron chi connectivity index (χ3n) is 3.80. The highest BCUT2D eigenvalue weighted by atomic mass is 32.2. The Morgan fingerprint density at radius 1 is 1.06 bits per heavy atom. The molecule has 5 nitrogen and oxygen atoms in total. The molecule has 0 aromatic heterocycles. The summed E-state index contributed by atoms with van der Waals surface area (Å²) in [4.78, 5) is 11.4. The predicted molar refractivity (Wildman–Crippen MR) is 68.1 cm³/mol. The number of hydrogen-bond acceptors (Lipinski definition) is 4. The fourth-order valence-corrected chi connectivity index (χ4v) is 4.04. The van der Waals surface area contributed by atoms with E-state index >= 15 is 0 Å². The standard InChI is InChI=1S/C12H22O5S/c13-8-4-2-1-3-5-12(11(14)15)6-9-18(16,17)10-7-12/h13H,1-10H2,(H,14,15). The van der Waals surface area contributed by atoms with Gasteiger partial charge in [-0.25, -0.2) is 8.42 Å². The maximum atomic E-state index is 11.4. The number of carboxylic acids is 1. The number of aliphatic hydroxyl groups is 1. The van der Waals surface area contributed by atoms with E-state index in [2.05, 4.69) is 0 Å². The molecule has 1 aliphatic heterocycles. The predicted octanol–water partition coefficient (Wildman–Crippen LogP) is 1.21. The number of carbonyl (C=O) groups is 1. The minimum absolute atomic E-state index is 0.00403. The average Bonchev–Trinajstić information content (AvgIpc) is 2.31. The van der Waals surface area contributed by atoms with Crippen molar-refractivity contribution in [1.29, 1.82) is 0 Å². The number of aliphatic hydroxyl groups excluding tert-OH is 1. The Morgan fingerprint density at radius 2 is 1.61 bits per heavy atom. The Morgan fingerprint density at radius 3 is 2.11 bits per heavy atom. The largest absolute Gasteiger partial charge is 0.481 e. The van der Waals surface area contributed by atoms with E-state index in [1.807, 2.05) is 0 Å². The molecular formula is C12H22O5S. The lowest BCUT2D eigenvalue weighted by Crippen LogP contribution is -2.39. The lowest BCUT2D eigenvalue weighted by molar-refractivity contribution is -0.150. The van der Waals surface area contributed by atoms with Gasteiger partial charge in [0.05, 0.1) is 16.9 Å². The van der Waals surface area contributed by atoms with Crippen LogP contribution in [0.4, 0.5) is 0 Å². The molecule has 1 heterocycles. The van der Waals surface area contributed by atoms with Crippen molar-refractivity contribution in [3.63, 3.8) is 0 Å². The molecule has 2 N–H and O–H groups in total. The zero-order valence-electron chi connectivity index (χ0n) is 10.6. The van der Waals surface area contributed by atoms with Crippen LogP contribution in [0.5, 0.6) is 0 Å². The summed E-state index contributed by atoms with van der Waals surface area (Å²) in [6.45, 7) is 0.169. The molecule has 6 heteroatoms. The van der Waals surface area contributed by atoms with Gasteiger partial charge >= 0.3 is 5.97 Å². The molecular weight excluding hydrogens is 256 g/mol. The van der Waals surface area contributed by atoms with E-state index in [1.165, 1.54) is 0 Å². The lowest BCUT2D eigenvalue weighted by Gasteiger charge is -2.33. The molecule has 0 bridgehead atoms. The van der Waals surface area contributed by atoms with Crippen molar-refractivity contribution in [3.8, 4) is 0 Å². The van der Waals surface area contributed by atoms with Gasteiger partial charge in [-0.05, 0) is 25.7 Å². The summed E-state index contributed by atoms with van der Waals surface area (Å²) in [5, 5.41) is 18.0. The number of aliphatic carboxylic acids is 1. The van der Waals surface area contributed by atoms with Crippen LogP contribution in [0.15, 0.2) is 0 Å². The van der Waals surface area contributed by atoms with Gasteiger partial charge in [-0.15, -0.1) is 0 Å². The van der Waals surface area contributed by atoms with Crippen LogP contribution in [0, 0.1) is 5.41 Å². The van der Waals surface area contributed by atoms with Crippen molar-refractivity contribution in [2.75, 3.05) is 18.1 Å². The molecule has 0 unspecified atom stereocenters. The highest BCUT2D eigenvalue weighted by molar-refractivity contribution is 7.91. The van der Waals surface area contributed by atoms with Crippen molar-refractivity contribution in [2.45, 2.75) is 44.9 Å². The summed E-state index contributed by atoms with van der Waals surface area (Å²) in [5.41, 5.74) is -0.843. The molecule has 0 amide bonds. The number of carboxylic acid groups (broad SMARTS) is 1. The van der Waals surface area contributed by atoms with E-state index in [4.69, 9.17) is 5.11 Å². The molecule has 1 aliphatic rings. The first-order chi connectivity index (χ1) is 8.42. The molecule has 0 saturated carbocycles. The molecule has 0 radical (unpaired) electrons. The second-order valence-electron chi connectivity index (χ2n) is 5.13. The summed E-state index contributed by atoms with van der Waals surface area (Å²) >= 11 is 0. The number of unbranched alkanes of at least 4 members (excludes halogenated alkanes) is 3. The van der Waals surface area contributed by atoms with Crippen molar-refractivity contribution >= 4 is 15.8 Å². The monoisotopic (exact) mass is 278 g/mol. The third kappa shape index (κ3) is 4.24. The van der Waals surface area contributed by atoms with Crippen LogP contribution < -0.4 is 0 Å². The van der Waals surface area contributed by atoms with Crippen LogP contribution in [0.2, 0.25) is 0 Å². The van der Waals surface area contributed by atoms with Crippen LogP contribution in [0.1, 0.15) is 44.9 Å². The first kappa shape index (κ1) is 15.4. The van der Waals surface area contributed by atoms with Crippen LogP contribution in [-0.2, 0) is 14.6 Å². The fourth-order valence-electron chi connectivity index (χ4n) is 2.43. The van der Waals surface area contributed by atoms with Crippen molar-refractivity contribution < 1.29 is 23.4 Å². The van der Waals surface area contributed by atoms with E-state index in [1.54, 1.807) is 0 Å². The Labute approximate surface area is 108 Å². The summed E-state index contributed by atoms with van der Waals surface area (Å²) in [6.07, 6.45) is 4.34. The van der Waals surface area contributed by atoms with Gasteiger partial charge in [-0.1, -0.05) is 19.3 Å². The molecule has 1 fully saturated rings. The molecule has 0 atom stereocenters. The first-order valence-corrected chi connectivity index (χ1v) is 8.29. The van der Waals surface area contributed by atoms with Gasteiger partial charge in [0.2, 0.25) is 0 Å². The van der Waals surface area contributed by atoms with Gasteiger partial charge in [0, 0.05) is 6.61 Å². The van der Waals surface area contributed by atoms with E-state index in [-0.39, 0.29) is 31.0 Å². The topological polar surface area (TPSA) is 91.7 Å². The molecule has 0 spiro atoms. The maximum absolute atomic E-state index is 11.4. The number of rotatable bonds is 7. The van der Waals surface area contributed by atoms with Crippen molar-refractivity contribution in [2.24, 2.45) is 5.41 Å². The molecule has 1 rings (SSSR count). The van der Waals surface area contributed by atoms with Crippen LogP contribution in [-0.4, -0.2) is 42.7 Å². The summed E-state index contributed by atoms with van der Waals surface area (Å²) in [5.74, 6) is -0.870. The lowest BCUT2D eigenvalue weighted by atomic mass is 9.77. The number of sulfone groups is 1. The fraction of sp³-hybridized carbons (Fsp3) is 0.917. The quantitative estimate of drug-likeness (QED) is 0.683. The molecule has 0 aromatic rings. The van der Waals surface area contributed by atoms with E-state index in [0.717, 1.165) is 25.7 Å². The molecule has 0 aromatic carbocycles. The molecule has 18 heavy (non-hydrogen) atoms. The van der Waals surface area contributed by atoms with Crippen molar-refractivity contribution in [3.05, 3.63) is 0 Å². The van der Waals surface area contributed by atoms with Crippen LogP contribution in [0.25, 0.3) is 0 Å². The SMILES string of the molecule is O=C(O)C1(CCCCCCO)CCS(=O)(=O)CC1. The highest BCUT2D eigenvalue weighted by Gasteiger charge is 2.42. The minimum atomic E-state index is -3.02. The van der Waals surface area contributed by atoms with Gasteiger partial charge in [0.1, 0.15) is 9.84 Å². The third-order valence-corrected chi connectivity index (χ3v) is 5.45. The smallest absolute Gasteiger partial charge is 0.309 e. The van der Waals surface area contributed by atoms with E-state index in [9.17, 15) is 18.3 Å². The van der Waals surface area contributed by atoms with E-state index in [0.29, 0.717) is 6.42 Å². The van der Waals surface area contributed by atoms with Gasteiger partial charge in [-0.2, -0.15) is 0 Å². The molecule has 0 aliphatic carbocycles. The summed E-state index contributed by atoms with van der Waals surface area (Å²) in [7, 11) is -3.02. The van der Waals surface area contributed by atoms with Gasteiger partial charge in [-0.3, -0.25) is 4.79 Å². The van der Waals surface area contributed by atoms with Crippen molar-refractivity contribution in [1.82, 2.24) is 0 Å². The molecule has 1 saturated heterocycles. The minimum Gasteiger partial charge on any atom is -0.481 e. The molecule has 106 valence electrons. The summed E-state index contributed by atoms with van der Waals surface area (Å²) in [6, 6.07) is 0. The normalized spacial score (nSPS) is 21.6. The Bertz CT molecular complexity index is 360. The maximum Gasteiger partial charge on any atom is 0.309 e. The first-order valence-electron chi connectivity index (χ1n) is 6.47. The second kappa shape index (κ2) is 6.52. The van der Waals surface area contributed by atoms with E-state index < -0.39 is 21.2 Å². The Balaban J connectivity index is 2.48. The Hall–Kier alpha value is -0.620.